The second kappa shape index (κ2) is 9.03. The fraction of sp³-hybridized carbons (Fsp3) is 0.0455. The zero-order chi connectivity index (χ0) is 22.7. The molecule has 0 saturated carbocycles. The van der Waals surface area contributed by atoms with Gasteiger partial charge in [-0.05, 0) is 42.5 Å². The molecule has 3 N–H and O–H groups in total. The number of hydrogen-bond donors (Lipinski definition) is 3. The molecule has 162 valence electrons. The average Bonchev–Trinajstić information content (AvgIpc) is 3.22. The van der Waals surface area contributed by atoms with E-state index in [0.717, 1.165) is 12.1 Å². The lowest BCUT2D eigenvalue weighted by atomic mass is 10.2. The number of aromatic amines is 1. The van der Waals surface area contributed by atoms with Gasteiger partial charge in [0.1, 0.15) is 23.6 Å². The summed E-state index contributed by atoms with van der Waals surface area (Å²) in [6.07, 6.45) is 2.62. The monoisotopic (exact) mass is 456 g/mol. The van der Waals surface area contributed by atoms with Gasteiger partial charge in [0.05, 0.1) is 11.1 Å². The van der Waals surface area contributed by atoms with Gasteiger partial charge in [-0.25, -0.2) is 13.8 Å². The van der Waals surface area contributed by atoms with Crippen molar-refractivity contribution >= 4 is 45.8 Å². The third-order valence-corrected chi connectivity index (χ3v) is 4.61. The van der Waals surface area contributed by atoms with Gasteiger partial charge in [0.15, 0.2) is 11.6 Å². The molecule has 7 nitrogen and oxygen atoms in total. The highest BCUT2D eigenvalue weighted by Gasteiger charge is 2.14. The van der Waals surface area contributed by atoms with Gasteiger partial charge in [0.25, 0.3) is 0 Å². The number of benzene rings is 2. The predicted octanol–water partition coefficient (Wildman–Crippen LogP) is 5.25. The van der Waals surface area contributed by atoms with Gasteiger partial charge in [-0.2, -0.15) is 0 Å². The lowest BCUT2D eigenvalue weighted by Crippen LogP contribution is -2.22. The minimum atomic E-state index is -0.753. The van der Waals surface area contributed by atoms with E-state index in [0.29, 0.717) is 16.8 Å². The standard InChI is InChI=1S/C22H15ClF2N4O3/c23-12-1-3-15(24)17(9-12)29-21(31)11-20(30)28-13-2-4-19(16(25)10-13)32-18-6-8-27-22-14(18)5-7-26-22/h1-10H,11H2,(H,26,27)(H,28,30)(H,29,31). The van der Waals surface area contributed by atoms with Crippen LogP contribution in [0.5, 0.6) is 11.5 Å². The Labute approximate surface area is 185 Å². The number of nitrogens with zero attached hydrogens (tertiary/aromatic N) is 1. The first-order valence-electron chi connectivity index (χ1n) is 9.33. The van der Waals surface area contributed by atoms with Crippen LogP contribution in [0.3, 0.4) is 0 Å². The average molecular weight is 457 g/mol. The summed E-state index contributed by atoms with van der Waals surface area (Å²) < 4.78 is 33.8. The number of nitrogens with one attached hydrogen (secondary N) is 3. The largest absolute Gasteiger partial charge is 0.453 e. The van der Waals surface area contributed by atoms with Crippen molar-refractivity contribution in [2.24, 2.45) is 0 Å². The van der Waals surface area contributed by atoms with E-state index in [1.54, 1.807) is 18.3 Å². The molecule has 2 heterocycles. The number of pyridine rings is 1. The van der Waals surface area contributed by atoms with Crippen molar-refractivity contribution in [1.29, 1.82) is 0 Å². The minimum Gasteiger partial charge on any atom is -0.453 e. The van der Waals surface area contributed by atoms with Gasteiger partial charge in [-0.3, -0.25) is 9.59 Å². The molecule has 0 aliphatic heterocycles. The molecule has 4 rings (SSSR count). The van der Waals surface area contributed by atoms with Crippen molar-refractivity contribution in [2.75, 3.05) is 10.6 Å². The molecule has 0 atom stereocenters. The molecule has 0 fully saturated rings. The zero-order valence-corrected chi connectivity index (χ0v) is 17.0. The summed E-state index contributed by atoms with van der Waals surface area (Å²) in [4.78, 5) is 31.2. The molecule has 0 bridgehead atoms. The van der Waals surface area contributed by atoms with Crippen LogP contribution >= 0.6 is 11.6 Å². The highest BCUT2D eigenvalue weighted by atomic mass is 35.5. The SMILES string of the molecule is O=C(CC(=O)Nc1cc(Cl)ccc1F)Nc1ccc(Oc2ccnc3[nH]ccc23)c(F)c1. The smallest absolute Gasteiger partial charge is 0.233 e. The van der Waals surface area contributed by atoms with Crippen LogP contribution in [0.1, 0.15) is 6.42 Å². The Morgan fingerprint density at radius 3 is 2.59 bits per heavy atom. The number of hydrogen-bond acceptors (Lipinski definition) is 4. The number of rotatable bonds is 6. The first-order chi connectivity index (χ1) is 15.4. The number of fused-ring (bicyclic) bond motifs is 1. The Kier molecular flexibility index (Phi) is 6.00. The molecule has 4 aromatic rings. The summed E-state index contributed by atoms with van der Waals surface area (Å²) in [6, 6.07) is 10.9. The van der Waals surface area contributed by atoms with E-state index in [-0.39, 0.29) is 22.1 Å². The topological polar surface area (TPSA) is 96.1 Å². The van der Waals surface area contributed by atoms with Crippen molar-refractivity contribution in [3.05, 3.63) is 77.6 Å². The molecule has 0 aliphatic carbocycles. The molecule has 0 aliphatic rings. The summed E-state index contributed by atoms with van der Waals surface area (Å²) >= 11 is 5.77. The van der Waals surface area contributed by atoms with Gasteiger partial charge in [0.2, 0.25) is 11.8 Å². The van der Waals surface area contributed by atoms with Crippen LogP contribution in [-0.2, 0) is 9.59 Å². The normalized spacial score (nSPS) is 10.7. The highest BCUT2D eigenvalue weighted by Crippen LogP contribution is 2.31. The molecule has 0 saturated heterocycles. The van der Waals surface area contributed by atoms with E-state index < -0.39 is 29.9 Å². The number of anilines is 2. The number of aromatic nitrogens is 2. The summed E-state index contributed by atoms with van der Waals surface area (Å²) in [6.45, 7) is 0. The number of H-pyrrole nitrogens is 1. The molecule has 2 amide bonds. The fourth-order valence-corrected chi connectivity index (χ4v) is 3.12. The van der Waals surface area contributed by atoms with Crippen molar-refractivity contribution in [1.82, 2.24) is 9.97 Å². The third kappa shape index (κ3) is 4.84. The van der Waals surface area contributed by atoms with E-state index in [1.807, 2.05) is 0 Å². The Morgan fingerprint density at radius 1 is 0.969 bits per heavy atom. The number of carbonyl (C=O) groups excluding carboxylic acids is 2. The molecule has 0 radical (unpaired) electrons. The van der Waals surface area contributed by atoms with Crippen LogP contribution < -0.4 is 15.4 Å². The van der Waals surface area contributed by atoms with E-state index in [9.17, 15) is 18.4 Å². The molecular weight excluding hydrogens is 442 g/mol. The van der Waals surface area contributed by atoms with Crippen molar-refractivity contribution in [2.45, 2.75) is 6.42 Å². The lowest BCUT2D eigenvalue weighted by molar-refractivity contribution is -0.123. The molecule has 0 spiro atoms. The molecule has 0 unspecified atom stereocenters. The number of ether oxygens (including phenoxy) is 1. The summed E-state index contributed by atoms with van der Waals surface area (Å²) in [5, 5.41) is 5.59. The van der Waals surface area contributed by atoms with E-state index in [4.69, 9.17) is 16.3 Å². The quantitative estimate of drug-likeness (QED) is 0.345. The zero-order valence-electron chi connectivity index (χ0n) is 16.3. The van der Waals surface area contributed by atoms with Crippen LogP contribution in [0.25, 0.3) is 11.0 Å². The summed E-state index contributed by atoms with van der Waals surface area (Å²) in [5.74, 6) is -2.50. The summed E-state index contributed by atoms with van der Waals surface area (Å²) in [7, 11) is 0. The van der Waals surface area contributed by atoms with E-state index in [1.165, 1.54) is 30.5 Å². The van der Waals surface area contributed by atoms with Gasteiger partial charge >= 0.3 is 0 Å². The second-order valence-electron chi connectivity index (χ2n) is 6.69. The van der Waals surface area contributed by atoms with Crippen molar-refractivity contribution in [3.8, 4) is 11.5 Å². The maximum absolute atomic E-state index is 14.5. The Bertz CT molecular complexity index is 1330. The number of carbonyl (C=O) groups is 2. The number of halogens is 3. The predicted molar refractivity (Wildman–Crippen MR) is 116 cm³/mol. The minimum absolute atomic E-state index is 0.0501. The third-order valence-electron chi connectivity index (χ3n) is 4.38. The first-order valence-corrected chi connectivity index (χ1v) is 9.71. The Hall–Kier alpha value is -3.98. The molecule has 32 heavy (non-hydrogen) atoms. The van der Waals surface area contributed by atoms with Crippen LogP contribution in [0.2, 0.25) is 5.02 Å². The fourth-order valence-electron chi connectivity index (χ4n) is 2.94. The molecule has 2 aromatic heterocycles. The number of amides is 2. The van der Waals surface area contributed by atoms with Crippen LogP contribution in [0.4, 0.5) is 20.2 Å². The Balaban J connectivity index is 1.38. The lowest BCUT2D eigenvalue weighted by Gasteiger charge is -2.10. The van der Waals surface area contributed by atoms with Gasteiger partial charge in [-0.15, -0.1) is 0 Å². The summed E-state index contributed by atoms with van der Waals surface area (Å²) in [5.41, 5.74) is 0.585. The molecule has 10 heteroatoms. The molecular formula is C22H15ClF2N4O3. The first kappa shape index (κ1) is 21.3. The molecule has 2 aromatic carbocycles. The second-order valence-corrected chi connectivity index (χ2v) is 7.13. The van der Waals surface area contributed by atoms with Crippen LogP contribution in [-0.4, -0.2) is 21.8 Å². The van der Waals surface area contributed by atoms with Crippen LogP contribution in [0, 0.1) is 11.6 Å². The maximum atomic E-state index is 14.5. The van der Waals surface area contributed by atoms with Gasteiger partial charge in [-0.1, -0.05) is 11.6 Å². The van der Waals surface area contributed by atoms with Crippen molar-refractivity contribution < 1.29 is 23.1 Å². The Morgan fingerprint density at radius 2 is 1.78 bits per heavy atom. The maximum Gasteiger partial charge on any atom is 0.233 e. The van der Waals surface area contributed by atoms with Crippen LogP contribution in [0.15, 0.2) is 60.9 Å². The van der Waals surface area contributed by atoms with Gasteiger partial charge < -0.3 is 20.4 Å². The highest BCUT2D eigenvalue weighted by molar-refractivity contribution is 6.31. The van der Waals surface area contributed by atoms with Crippen molar-refractivity contribution in [3.63, 3.8) is 0 Å². The van der Waals surface area contributed by atoms with E-state index >= 15 is 0 Å². The van der Waals surface area contributed by atoms with Gasteiger partial charge in [0, 0.05) is 29.2 Å². The van der Waals surface area contributed by atoms with E-state index in [2.05, 4.69) is 20.6 Å².